The lowest BCUT2D eigenvalue weighted by Crippen LogP contribution is -2.09. The average molecular weight is 260 g/mol. The van der Waals surface area contributed by atoms with Gasteiger partial charge in [0.2, 0.25) is 0 Å². The van der Waals surface area contributed by atoms with Gasteiger partial charge in [-0.2, -0.15) is 0 Å². The van der Waals surface area contributed by atoms with E-state index in [1.54, 1.807) is 0 Å². The number of nitrogens with zero attached hydrogens (tertiary/aromatic N) is 4. The molecule has 0 bridgehead atoms. The van der Waals surface area contributed by atoms with Crippen molar-refractivity contribution in [1.82, 2.24) is 20.4 Å². The molecular formula is C11H12N6S. The van der Waals surface area contributed by atoms with Crippen LogP contribution in [0.15, 0.2) is 0 Å². The number of hydrogen-bond donors (Lipinski definition) is 2. The van der Waals surface area contributed by atoms with Crippen molar-refractivity contribution in [2.45, 2.75) is 20.8 Å². The molecule has 6 nitrogen and oxygen atoms in total. The molecule has 0 spiro atoms. The van der Waals surface area contributed by atoms with Gasteiger partial charge in [0.25, 0.3) is 0 Å². The van der Waals surface area contributed by atoms with E-state index in [0.717, 1.165) is 26.1 Å². The van der Waals surface area contributed by atoms with Crippen LogP contribution in [0, 0.1) is 20.8 Å². The number of rotatable bonds is 1. The third kappa shape index (κ3) is 1.37. The van der Waals surface area contributed by atoms with Gasteiger partial charge >= 0.3 is 0 Å². The summed E-state index contributed by atoms with van der Waals surface area (Å²) in [5, 5.41) is 12.8. The van der Waals surface area contributed by atoms with Gasteiger partial charge in [0.05, 0.1) is 0 Å². The van der Waals surface area contributed by atoms with E-state index in [9.17, 15) is 0 Å². The van der Waals surface area contributed by atoms with Crippen molar-refractivity contribution < 1.29 is 0 Å². The molecule has 0 fully saturated rings. The highest BCUT2D eigenvalue weighted by molar-refractivity contribution is 7.26. The van der Waals surface area contributed by atoms with Crippen LogP contribution in [0.5, 0.6) is 0 Å². The fraction of sp³-hybridized carbons (Fsp3) is 0.273. The third-order valence-corrected chi connectivity index (χ3v) is 4.33. The zero-order chi connectivity index (χ0) is 12.9. The highest BCUT2D eigenvalue weighted by Crippen LogP contribution is 2.37. The molecule has 7 heteroatoms. The molecule has 3 aromatic rings. The van der Waals surface area contributed by atoms with Crippen molar-refractivity contribution in [1.29, 1.82) is 0 Å². The standard InChI is InChI=1S/C11H12N6S/c1-4-5(2)7-8-9(10(14-12)16-17-15-8)18-11(7)13-6(4)3/h12H2,1-3H3,(H,14,15,16). The van der Waals surface area contributed by atoms with E-state index in [1.807, 2.05) is 6.92 Å². The predicted molar refractivity (Wildman–Crippen MR) is 72.5 cm³/mol. The molecule has 0 unspecified atom stereocenters. The number of thiophene rings is 1. The first-order valence-corrected chi connectivity index (χ1v) is 6.31. The van der Waals surface area contributed by atoms with Crippen LogP contribution >= 0.6 is 11.3 Å². The van der Waals surface area contributed by atoms with Crippen LogP contribution in [0.25, 0.3) is 20.4 Å². The fourth-order valence-electron chi connectivity index (χ4n) is 2.03. The minimum atomic E-state index is 0.540. The Morgan fingerprint density at radius 3 is 2.61 bits per heavy atom. The van der Waals surface area contributed by atoms with Gasteiger partial charge in [0.15, 0.2) is 5.82 Å². The quantitative estimate of drug-likeness (QED) is 0.512. The molecule has 0 aromatic carbocycles. The minimum Gasteiger partial charge on any atom is -0.306 e. The summed E-state index contributed by atoms with van der Waals surface area (Å²) in [5.74, 6) is 5.98. The molecule has 0 saturated carbocycles. The molecule has 0 saturated heterocycles. The van der Waals surface area contributed by atoms with Gasteiger partial charge in [0.1, 0.15) is 15.0 Å². The van der Waals surface area contributed by atoms with Crippen molar-refractivity contribution in [3.05, 3.63) is 16.8 Å². The van der Waals surface area contributed by atoms with Crippen molar-refractivity contribution >= 4 is 37.6 Å². The Morgan fingerprint density at radius 2 is 1.89 bits per heavy atom. The second-order valence-electron chi connectivity index (χ2n) is 4.19. The Hall–Kier alpha value is -1.86. The van der Waals surface area contributed by atoms with E-state index < -0.39 is 0 Å². The number of pyridine rings is 1. The van der Waals surface area contributed by atoms with E-state index in [4.69, 9.17) is 5.84 Å². The lowest BCUT2D eigenvalue weighted by molar-refractivity contribution is 0.898. The largest absolute Gasteiger partial charge is 0.306 e. The first-order valence-electron chi connectivity index (χ1n) is 5.49. The van der Waals surface area contributed by atoms with Crippen LogP contribution in [0.4, 0.5) is 5.82 Å². The number of anilines is 1. The molecule has 92 valence electrons. The first-order chi connectivity index (χ1) is 8.63. The van der Waals surface area contributed by atoms with Crippen molar-refractivity contribution in [3.8, 4) is 0 Å². The van der Waals surface area contributed by atoms with E-state index >= 15 is 0 Å². The Morgan fingerprint density at radius 1 is 1.11 bits per heavy atom. The minimum absolute atomic E-state index is 0.540. The van der Waals surface area contributed by atoms with Crippen LogP contribution in [0.1, 0.15) is 16.8 Å². The van der Waals surface area contributed by atoms with Gasteiger partial charge in [0, 0.05) is 11.1 Å². The molecule has 18 heavy (non-hydrogen) atoms. The number of fused-ring (bicyclic) bond motifs is 3. The second-order valence-corrected chi connectivity index (χ2v) is 5.19. The number of nitrogens with one attached hydrogen (secondary N) is 1. The van der Waals surface area contributed by atoms with Gasteiger partial charge in [-0.05, 0) is 37.1 Å². The smallest absolute Gasteiger partial charge is 0.184 e. The van der Waals surface area contributed by atoms with Crippen LogP contribution in [-0.2, 0) is 0 Å². The molecule has 0 aliphatic carbocycles. The summed E-state index contributed by atoms with van der Waals surface area (Å²) >= 11 is 1.53. The third-order valence-electron chi connectivity index (χ3n) is 3.26. The molecular weight excluding hydrogens is 248 g/mol. The molecule has 0 atom stereocenters. The van der Waals surface area contributed by atoms with Crippen molar-refractivity contribution in [2.24, 2.45) is 5.84 Å². The Bertz CT molecular complexity index is 763. The monoisotopic (exact) mass is 260 g/mol. The van der Waals surface area contributed by atoms with Crippen LogP contribution in [-0.4, -0.2) is 20.4 Å². The molecule has 0 aliphatic rings. The summed E-state index contributed by atoms with van der Waals surface area (Å²) in [7, 11) is 0. The fourth-order valence-corrected chi connectivity index (χ4v) is 3.19. The van der Waals surface area contributed by atoms with Gasteiger partial charge < -0.3 is 5.43 Å². The van der Waals surface area contributed by atoms with E-state index in [1.165, 1.54) is 22.5 Å². The average Bonchev–Trinajstić information content (AvgIpc) is 2.73. The molecule has 3 rings (SSSR count). The second kappa shape index (κ2) is 3.82. The summed E-state index contributed by atoms with van der Waals surface area (Å²) in [5.41, 5.74) is 6.77. The highest BCUT2D eigenvalue weighted by atomic mass is 32.1. The molecule has 0 aliphatic heterocycles. The van der Waals surface area contributed by atoms with Gasteiger partial charge in [-0.1, -0.05) is 0 Å². The SMILES string of the molecule is Cc1nc2sc3c(NN)nnnc3c2c(C)c1C. The number of nitrogens with two attached hydrogens (primary N) is 1. The molecule has 3 N–H and O–H groups in total. The Kier molecular flexibility index (Phi) is 2.39. The highest BCUT2D eigenvalue weighted by Gasteiger charge is 2.16. The van der Waals surface area contributed by atoms with Gasteiger partial charge in [-0.25, -0.2) is 10.8 Å². The summed E-state index contributed by atoms with van der Waals surface area (Å²) in [6.45, 7) is 6.16. The van der Waals surface area contributed by atoms with Crippen molar-refractivity contribution in [2.75, 3.05) is 5.43 Å². The Labute approximate surface area is 107 Å². The first kappa shape index (κ1) is 11.2. The summed E-state index contributed by atoms with van der Waals surface area (Å²) in [6.07, 6.45) is 0. The van der Waals surface area contributed by atoms with Crippen LogP contribution < -0.4 is 11.3 Å². The molecule has 3 heterocycles. The van der Waals surface area contributed by atoms with Crippen LogP contribution in [0.3, 0.4) is 0 Å². The number of aryl methyl sites for hydroxylation is 2. The van der Waals surface area contributed by atoms with E-state index in [2.05, 4.69) is 39.7 Å². The maximum atomic E-state index is 5.44. The lowest BCUT2D eigenvalue weighted by Gasteiger charge is -2.04. The van der Waals surface area contributed by atoms with Gasteiger partial charge in [-0.3, -0.25) is 0 Å². The normalized spacial score (nSPS) is 11.3. The summed E-state index contributed by atoms with van der Waals surface area (Å²) in [4.78, 5) is 5.55. The molecule has 0 radical (unpaired) electrons. The summed E-state index contributed by atoms with van der Waals surface area (Å²) < 4.78 is 0.892. The maximum absolute atomic E-state index is 5.44. The topological polar surface area (TPSA) is 89.6 Å². The summed E-state index contributed by atoms with van der Waals surface area (Å²) in [6, 6.07) is 0. The zero-order valence-corrected chi connectivity index (χ0v) is 11.1. The predicted octanol–water partition coefficient (Wildman–Crippen LogP) is 1.85. The number of nitrogen functional groups attached to an aromatic ring is 1. The van der Waals surface area contributed by atoms with Gasteiger partial charge in [-0.15, -0.1) is 21.5 Å². The van der Waals surface area contributed by atoms with E-state index in [-0.39, 0.29) is 0 Å². The van der Waals surface area contributed by atoms with E-state index in [0.29, 0.717) is 5.82 Å². The number of hydrogen-bond acceptors (Lipinski definition) is 7. The Balaban J connectivity index is 2.56. The molecule has 3 aromatic heterocycles. The lowest BCUT2D eigenvalue weighted by atomic mass is 10.1. The number of aromatic nitrogens is 4. The number of hydrazine groups is 1. The molecule has 0 amide bonds. The van der Waals surface area contributed by atoms with Crippen molar-refractivity contribution in [3.63, 3.8) is 0 Å². The maximum Gasteiger partial charge on any atom is 0.184 e. The van der Waals surface area contributed by atoms with Crippen LogP contribution in [0.2, 0.25) is 0 Å². The zero-order valence-electron chi connectivity index (χ0n) is 10.3.